The Balaban J connectivity index is 3.00. The van der Waals surface area contributed by atoms with Crippen molar-refractivity contribution in [3.63, 3.8) is 0 Å². The zero-order valence-electron chi connectivity index (χ0n) is 5.00. The molecule has 0 aliphatic carbocycles. The first-order valence-electron chi connectivity index (χ1n) is 2.67. The van der Waals surface area contributed by atoms with Crippen LogP contribution in [0.15, 0.2) is 24.3 Å². The summed E-state index contributed by atoms with van der Waals surface area (Å²) in [6, 6.07) is 4.46. The second-order valence-electron chi connectivity index (χ2n) is 1.79. The van der Waals surface area contributed by atoms with Crippen LogP contribution in [-0.2, 0) is 5.11 Å². The lowest BCUT2D eigenvalue weighted by atomic mass is 10.2. The molecular weight excluding hydrogens is 135 g/mol. The Morgan fingerprint density at radius 3 is 2.10 bits per heavy atom. The monoisotopic (exact) mass is 139 g/mol. The fraction of sp³-hybridized carbons (Fsp3) is 0. The maximum absolute atomic E-state index is 12.1. The van der Waals surface area contributed by atoms with E-state index in [1.54, 1.807) is 0 Å². The van der Waals surface area contributed by atoms with E-state index >= 15 is 0 Å². The third kappa shape index (κ3) is 1.31. The molecule has 0 spiro atoms. The fourth-order valence-electron chi connectivity index (χ4n) is 0.586. The van der Waals surface area contributed by atoms with Crippen LogP contribution in [0.5, 0.6) is 0 Å². The van der Waals surface area contributed by atoms with E-state index in [1.165, 1.54) is 0 Å². The minimum absolute atomic E-state index is 0.0126. The number of rotatable bonds is 1. The van der Waals surface area contributed by atoms with Gasteiger partial charge in [0.05, 0.1) is 5.56 Å². The molecule has 0 heterocycles. The quantitative estimate of drug-likeness (QED) is 0.579. The van der Waals surface area contributed by atoms with Crippen molar-refractivity contribution >= 4 is 5.97 Å². The van der Waals surface area contributed by atoms with Gasteiger partial charge in [-0.3, -0.25) is 0 Å². The van der Waals surface area contributed by atoms with Crippen LogP contribution in [-0.4, -0.2) is 5.97 Å². The van der Waals surface area contributed by atoms with Gasteiger partial charge < -0.3 is 0 Å². The smallest absolute Gasteiger partial charge is 0.242 e. The molecule has 0 N–H and O–H groups in total. The van der Waals surface area contributed by atoms with Crippen LogP contribution >= 0.6 is 0 Å². The molecule has 1 aromatic rings. The molecule has 0 saturated carbocycles. The maximum Gasteiger partial charge on any atom is 0.386 e. The van der Waals surface area contributed by atoms with Gasteiger partial charge in [-0.25, -0.2) is 14.3 Å². The van der Waals surface area contributed by atoms with E-state index in [1.807, 2.05) is 0 Å². The molecule has 0 saturated heterocycles. The second kappa shape index (κ2) is 2.47. The molecule has 0 aliphatic rings. The van der Waals surface area contributed by atoms with Gasteiger partial charge in [-0.1, -0.05) is 0 Å². The van der Waals surface area contributed by atoms with Crippen molar-refractivity contribution in [2.75, 3.05) is 0 Å². The van der Waals surface area contributed by atoms with Crippen molar-refractivity contribution in [3.8, 4) is 0 Å². The first-order chi connectivity index (χ1) is 4.70. The molecule has 1 aromatic carbocycles. The molecule has 3 heteroatoms. The van der Waals surface area contributed by atoms with Gasteiger partial charge >= 0.3 is 5.97 Å². The normalized spacial score (nSPS) is 9.30. The first kappa shape index (κ1) is 6.74. The molecule has 1 rings (SSSR count). The minimum atomic E-state index is -1.29. The first-order valence-corrected chi connectivity index (χ1v) is 2.67. The van der Waals surface area contributed by atoms with Crippen molar-refractivity contribution in [2.45, 2.75) is 0 Å². The summed E-state index contributed by atoms with van der Waals surface area (Å²) < 4.78 is 12.1. The van der Waals surface area contributed by atoms with Gasteiger partial charge in [0.15, 0.2) is 0 Å². The number of benzene rings is 1. The molecule has 2 nitrogen and oxygen atoms in total. The van der Waals surface area contributed by atoms with Crippen LogP contribution in [0, 0.1) is 5.82 Å². The molecule has 0 fully saturated rings. The fourth-order valence-corrected chi connectivity index (χ4v) is 0.586. The van der Waals surface area contributed by atoms with Gasteiger partial charge in [-0.15, -0.1) is 0 Å². The number of carbonyl (C=O) groups is 1. The Labute approximate surface area is 56.9 Å². The average molecular weight is 139 g/mol. The van der Waals surface area contributed by atoms with Gasteiger partial charge in [-0.05, 0) is 24.3 Å². The summed E-state index contributed by atoms with van der Waals surface area (Å²) in [5.74, 6) is -1.75. The van der Waals surface area contributed by atoms with Gasteiger partial charge in [0.25, 0.3) is 0 Å². The van der Waals surface area contributed by atoms with Crippen LogP contribution in [0.4, 0.5) is 4.39 Å². The van der Waals surface area contributed by atoms with E-state index < -0.39 is 11.8 Å². The Morgan fingerprint density at radius 1 is 1.20 bits per heavy atom. The zero-order valence-corrected chi connectivity index (χ0v) is 5.00. The lowest BCUT2D eigenvalue weighted by Crippen LogP contribution is -1.92. The van der Waals surface area contributed by atoms with Crippen LogP contribution in [0.3, 0.4) is 0 Å². The third-order valence-corrected chi connectivity index (χ3v) is 1.08. The summed E-state index contributed by atoms with van der Waals surface area (Å²) in [5.41, 5.74) is -0.0126. The number of hydrogen-bond acceptors (Lipinski definition) is 1. The second-order valence-corrected chi connectivity index (χ2v) is 1.79. The van der Waals surface area contributed by atoms with Crippen LogP contribution < -0.4 is 0 Å². The topological polar surface area (TPSA) is 37.0 Å². The van der Waals surface area contributed by atoms with Gasteiger partial charge in [0.2, 0.25) is 0 Å². The summed E-state index contributed by atoms with van der Waals surface area (Å²) in [7, 11) is 0. The molecular formula is C7H4FO2. The van der Waals surface area contributed by atoms with E-state index in [2.05, 4.69) is 0 Å². The van der Waals surface area contributed by atoms with Crippen LogP contribution in [0.1, 0.15) is 10.4 Å². The minimum Gasteiger partial charge on any atom is -0.242 e. The summed E-state index contributed by atoms with van der Waals surface area (Å²) in [5, 5.41) is 10.1. The van der Waals surface area contributed by atoms with Gasteiger partial charge in [0.1, 0.15) is 5.82 Å². The van der Waals surface area contributed by atoms with Crippen molar-refractivity contribution < 1.29 is 14.3 Å². The number of carbonyl (C=O) groups excluding carboxylic acids is 1. The highest BCUT2D eigenvalue weighted by molar-refractivity contribution is 5.87. The molecule has 0 aromatic heterocycles. The van der Waals surface area contributed by atoms with Gasteiger partial charge in [-0.2, -0.15) is 0 Å². The Morgan fingerprint density at radius 2 is 1.70 bits per heavy atom. The molecule has 10 heavy (non-hydrogen) atoms. The molecule has 0 aliphatic heterocycles. The Hall–Kier alpha value is -1.38. The standard InChI is InChI=1S/C7H4FO2/c8-6-3-1-5(2-4-6)7(9)10/h1-4H. The van der Waals surface area contributed by atoms with Crippen molar-refractivity contribution in [2.24, 2.45) is 0 Å². The lowest BCUT2D eigenvalue weighted by Gasteiger charge is -1.88. The van der Waals surface area contributed by atoms with E-state index in [-0.39, 0.29) is 5.56 Å². The average Bonchev–Trinajstić information content (AvgIpc) is 1.88. The molecule has 0 amide bonds. The predicted octanol–water partition coefficient (Wildman–Crippen LogP) is 1.40. The van der Waals surface area contributed by atoms with Crippen LogP contribution in [0.2, 0.25) is 0 Å². The molecule has 51 valence electrons. The summed E-state index contributed by atoms with van der Waals surface area (Å²) in [6.07, 6.45) is 0. The highest BCUT2D eigenvalue weighted by Crippen LogP contribution is 2.01. The molecule has 0 bridgehead atoms. The molecule has 1 radical (unpaired) electrons. The Kier molecular flexibility index (Phi) is 1.67. The van der Waals surface area contributed by atoms with E-state index in [9.17, 15) is 14.3 Å². The Bertz CT molecular complexity index is 240. The van der Waals surface area contributed by atoms with Crippen LogP contribution in [0.25, 0.3) is 0 Å². The van der Waals surface area contributed by atoms with Crippen molar-refractivity contribution in [1.82, 2.24) is 0 Å². The highest BCUT2D eigenvalue weighted by atomic mass is 19.1. The van der Waals surface area contributed by atoms with Crippen molar-refractivity contribution in [1.29, 1.82) is 0 Å². The van der Waals surface area contributed by atoms with E-state index in [4.69, 9.17) is 0 Å². The zero-order chi connectivity index (χ0) is 7.56. The predicted molar refractivity (Wildman–Crippen MR) is 31.4 cm³/mol. The van der Waals surface area contributed by atoms with E-state index in [0.29, 0.717) is 0 Å². The molecule has 0 unspecified atom stereocenters. The third-order valence-electron chi connectivity index (χ3n) is 1.08. The van der Waals surface area contributed by atoms with Gasteiger partial charge in [0, 0.05) is 0 Å². The largest absolute Gasteiger partial charge is 0.386 e. The summed E-state index contributed by atoms with van der Waals surface area (Å²) in [4.78, 5) is 10.1. The lowest BCUT2D eigenvalue weighted by molar-refractivity contribution is 0.0573. The molecule has 0 atom stereocenters. The number of halogens is 1. The van der Waals surface area contributed by atoms with Crippen molar-refractivity contribution in [3.05, 3.63) is 35.6 Å². The SMILES string of the molecule is [O]C(=O)c1ccc(F)cc1. The summed E-state index contributed by atoms with van der Waals surface area (Å²) >= 11 is 0. The maximum atomic E-state index is 12.1. The highest BCUT2D eigenvalue weighted by Gasteiger charge is 2.02. The summed E-state index contributed by atoms with van der Waals surface area (Å²) in [6.45, 7) is 0. The number of hydrogen-bond donors (Lipinski definition) is 0. The van der Waals surface area contributed by atoms with E-state index in [0.717, 1.165) is 24.3 Å².